The summed E-state index contributed by atoms with van der Waals surface area (Å²) in [4.78, 5) is 23.3. The molecule has 17 heavy (non-hydrogen) atoms. The summed E-state index contributed by atoms with van der Waals surface area (Å²) < 4.78 is 0. The lowest BCUT2D eigenvalue weighted by Gasteiger charge is -2.02. The van der Waals surface area contributed by atoms with E-state index in [-0.39, 0.29) is 5.91 Å². The van der Waals surface area contributed by atoms with Gasteiger partial charge in [0.1, 0.15) is 12.0 Å². The van der Waals surface area contributed by atoms with Crippen molar-refractivity contribution >= 4 is 17.5 Å². The first-order chi connectivity index (χ1) is 8.20. The van der Waals surface area contributed by atoms with E-state index in [2.05, 4.69) is 20.3 Å². The minimum atomic E-state index is -0.261. The average molecular weight is 249 g/mol. The number of halogens is 1. The second-order valence-electron chi connectivity index (χ2n) is 3.26. The van der Waals surface area contributed by atoms with Gasteiger partial charge in [0, 0.05) is 25.0 Å². The highest BCUT2D eigenvalue weighted by molar-refractivity contribution is 6.30. The Kier molecular flexibility index (Phi) is 3.30. The monoisotopic (exact) mass is 248 g/mol. The van der Waals surface area contributed by atoms with Gasteiger partial charge in [-0.1, -0.05) is 11.6 Å². The van der Waals surface area contributed by atoms with Crippen LogP contribution in [0.2, 0.25) is 5.02 Å². The fourth-order valence-corrected chi connectivity index (χ4v) is 1.49. The SMILES string of the molecule is CNC(=O)c1cc(-c2cncc(Cl)c2)ncn1. The fraction of sp³-hybridized carbons (Fsp3) is 0.0909. The van der Waals surface area contributed by atoms with Gasteiger partial charge in [-0.2, -0.15) is 0 Å². The molecular formula is C11H9ClN4O. The summed E-state index contributed by atoms with van der Waals surface area (Å²) in [7, 11) is 1.55. The van der Waals surface area contributed by atoms with Crippen LogP contribution in [0, 0.1) is 0 Å². The largest absolute Gasteiger partial charge is 0.354 e. The molecule has 0 fully saturated rings. The summed E-state index contributed by atoms with van der Waals surface area (Å²) in [6.07, 6.45) is 4.49. The molecule has 0 saturated heterocycles. The maximum absolute atomic E-state index is 11.4. The Balaban J connectivity index is 2.43. The number of hydrogen-bond donors (Lipinski definition) is 1. The highest BCUT2D eigenvalue weighted by atomic mass is 35.5. The summed E-state index contributed by atoms with van der Waals surface area (Å²) in [5.74, 6) is -0.261. The van der Waals surface area contributed by atoms with E-state index in [4.69, 9.17) is 11.6 Å². The Morgan fingerprint density at radius 1 is 1.29 bits per heavy atom. The standard InChI is InChI=1S/C11H9ClN4O/c1-13-11(17)10-3-9(15-6-16-10)7-2-8(12)5-14-4-7/h2-6H,1H3,(H,13,17). The van der Waals surface area contributed by atoms with Gasteiger partial charge >= 0.3 is 0 Å². The molecule has 0 saturated carbocycles. The van der Waals surface area contributed by atoms with E-state index >= 15 is 0 Å². The van der Waals surface area contributed by atoms with Crippen LogP contribution in [-0.2, 0) is 0 Å². The van der Waals surface area contributed by atoms with Gasteiger partial charge in [0.2, 0.25) is 0 Å². The van der Waals surface area contributed by atoms with E-state index in [0.29, 0.717) is 16.4 Å². The molecule has 2 aromatic heterocycles. The molecule has 0 aromatic carbocycles. The fourth-order valence-electron chi connectivity index (χ4n) is 1.32. The molecular weight excluding hydrogens is 240 g/mol. The van der Waals surface area contributed by atoms with Gasteiger partial charge in [-0.05, 0) is 12.1 Å². The van der Waals surface area contributed by atoms with E-state index in [9.17, 15) is 4.79 Å². The molecule has 0 spiro atoms. The average Bonchev–Trinajstić information content (AvgIpc) is 2.38. The normalized spacial score (nSPS) is 10.0. The molecule has 1 amide bonds. The van der Waals surface area contributed by atoms with Crippen molar-refractivity contribution in [2.75, 3.05) is 7.05 Å². The van der Waals surface area contributed by atoms with E-state index in [1.54, 1.807) is 25.4 Å². The first kappa shape index (κ1) is 11.5. The van der Waals surface area contributed by atoms with Crippen molar-refractivity contribution in [3.8, 4) is 11.3 Å². The highest BCUT2D eigenvalue weighted by Crippen LogP contribution is 2.19. The third-order valence-electron chi connectivity index (χ3n) is 2.13. The number of hydrogen-bond acceptors (Lipinski definition) is 4. The van der Waals surface area contributed by atoms with Crippen LogP contribution in [0.15, 0.2) is 30.9 Å². The Labute approximate surface area is 103 Å². The summed E-state index contributed by atoms with van der Waals surface area (Å²) in [5, 5.41) is 3.02. The van der Waals surface area contributed by atoms with Crippen LogP contribution < -0.4 is 5.32 Å². The number of nitrogens with one attached hydrogen (secondary N) is 1. The van der Waals surface area contributed by atoms with Crippen molar-refractivity contribution in [2.45, 2.75) is 0 Å². The Morgan fingerprint density at radius 3 is 2.82 bits per heavy atom. The minimum absolute atomic E-state index is 0.261. The van der Waals surface area contributed by atoms with Gasteiger partial charge in [-0.25, -0.2) is 9.97 Å². The number of amides is 1. The van der Waals surface area contributed by atoms with Gasteiger partial charge < -0.3 is 5.32 Å². The van der Waals surface area contributed by atoms with Crippen LogP contribution in [0.25, 0.3) is 11.3 Å². The van der Waals surface area contributed by atoms with Crippen molar-refractivity contribution in [2.24, 2.45) is 0 Å². The lowest BCUT2D eigenvalue weighted by atomic mass is 10.2. The minimum Gasteiger partial charge on any atom is -0.354 e. The van der Waals surface area contributed by atoms with E-state index in [0.717, 1.165) is 5.56 Å². The quantitative estimate of drug-likeness (QED) is 0.876. The second kappa shape index (κ2) is 4.88. The molecule has 2 heterocycles. The van der Waals surface area contributed by atoms with Crippen molar-refractivity contribution < 1.29 is 4.79 Å². The van der Waals surface area contributed by atoms with Crippen LogP contribution in [0.1, 0.15) is 10.5 Å². The van der Waals surface area contributed by atoms with Crippen LogP contribution in [0.4, 0.5) is 0 Å². The molecule has 0 unspecified atom stereocenters. The molecule has 0 aliphatic rings. The summed E-state index contributed by atoms with van der Waals surface area (Å²) in [6.45, 7) is 0. The van der Waals surface area contributed by atoms with Crippen LogP contribution >= 0.6 is 11.6 Å². The topological polar surface area (TPSA) is 67.8 Å². The highest BCUT2D eigenvalue weighted by Gasteiger charge is 2.08. The zero-order valence-electron chi connectivity index (χ0n) is 9.01. The lowest BCUT2D eigenvalue weighted by molar-refractivity contribution is 0.0958. The second-order valence-corrected chi connectivity index (χ2v) is 3.70. The number of rotatable bonds is 2. The number of aromatic nitrogens is 3. The molecule has 2 rings (SSSR count). The molecule has 2 aromatic rings. The molecule has 0 radical (unpaired) electrons. The summed E-state index contributed by atoms with van der Waals surface area (Å²) >= 11 is 5.84. The van der Waals surface area contributed by atoms with Gasteiger partial charge in [0.05, 0.1) is 10.7 Å². The third-order valence-corrected chi connectivity index (χ3v) is 2.33. The van der Waals surface area contributed by atoms with Crippen LogP contribution in [-0.4, -0.2) is 27.9 Å². The van der Waals surface area contributed by atoms with Gasteiger partial charge in [-0.15, -0.1) is 0 Å². The number of nitrogens with zero attached hydrogens (tertiary/aromatic N) is 3. The van der Waals surface area contributed by atoms with Crippen molar-refractivity contribution in [1.29, 1.82) is 0 Å². The molecule has 0 aliphatic heterocycles. The van der Waals surface area contributed by atoms with Gasteiger partial charge in [0.15, 0.2) is 0 Å². The zero-order chi connectivity index (χ0) is 12.3. The smallest absolute Gasteiger partial charge is 0.269 e. The maximum Gasteiger partial charge on any atom is 0.269 e. The maximum atomic E-state index is 11.4. The molecule has 6 heteroatoms. The number of carbonyl (C=O) groups excluding carboxylic acids is 1. The first-order valence-corrected chi connectivity index (χ1v) is 5.23. The molecule has 5 nitrogen and oxygen atoms in total. The van der Waals surface area contributed by atoms with Gasteiger partial charge in [0.25, 0.3) is 5.91 Å². The third kappa shape index (κ3) is 2.57. The Morgan fingerprint density at radius 2 is 2.12 bits per heavy atom. The lowest BCUT2D eigenvalue weighted by Crippen LogP contribution is -2.19. The Bertz CT molecular complexity index is 559. The number of carbonyl (C=O) groups is 1. The van der Waals surface area contributed by atoms with E-state index < -0.39 is 0 Å². The number of pyridine rings is 1. The zero-order valence-corrected chi connectivity index (χ0v) is 9.77. The molecule has 86 valence electrons. The van der Waals surface area contributed by atoms with Crippen LogP contribution in [0.5, 0.6) is 0 Å². The predicted octanol–water partition coefficient (Wildman–Crippen LogP) is 1.55. The Hall–Kier alpha value is -2.01. The van der Waals surface area contributed by atoms with Crippen molar-refractivity contribution in [3.63, 3.8) is 0 Å². The first-order valence-electron chi connectivity index (χ1n) is 4.86. The van der Waals surface area contributed by atoms with Gasteiger partial charge in [-0.3, -0.25) is 9.78 Å². The van der Waals surface area contributed by atoms with E-state index in [1.807, 2.05) is 0 Å². The summed E-state index contributed by atoms with van der Waals surface area (Å²) in [5.41, 5.74) is 1.65. The predicted molar refractivity (Wildman–Crippen MR) is 63.7 cm³/mol. The van der Waals surface area contributed by atoms with Crippen LogP contribution in [0.3, 0.4) is 0 Å². The molecule has 0 bridgehead atoms. The van der Waals surface area contributed by atoms with Crippen molar-refractivity contribution in [1.82, 2.24) is 20.3 Å². The van der Waals surface area contributed by atoms with E-state index in [1.165, 1.54) is 12.5 Å². The molecule has 1 N–H and O–H groups in total. The summed E-state index contributed by atoms with van der Waals surface area (Å²) in [6, 6.07) is 3.32. The molecule has 0 aliphatic carbocycles. The molecule has 0 atom stereocenters. The van der Waals surface area contributed by atoms with Crippen molar-refractivity contribution in [3.05, 3.63) is 41.6 Å².